The summed E-state index contributed by atoms with van der Waals surface area (Å²) in [5.41, 5.74) is 0.834. The molecule has 0 saturated carbocycles. The van der Waals surface area contributed by atoms with Crippen molar-refractivity contribution in [2.75, 3.05) is 6.54 Å². The molecule has 0 aliphatic rings. The maximum absolute atomic E-state index is 10.6. The van der Waals surface area contributed by atoms with Gasteiger partial charge in [-0.2, -0.15) is 5.10 Å². The van der Waals surface area contributed by atoms with Gasteiger partial charge < -0.3 is 5.32 Å². The molecule has 2 aromatic rings. The first kappa shape index (κ1) is 14.1. The Morgan fingerprint density at radius 2 is 2.05 bits per heavy atom. The second kappa shape index (κ2) is 6.25. The van der Waals surface area contributed by atoms with Crippen molar-refractivity contribution in [2.24, 2.45) is 0 Å². The molecule has 0 spiro atoms. The normalized spacial score (nSPS) is 10.9. The van der Waals surface area contributed by atoms with E-state index < -0.39 is 4.92 Å². The van der Waals surface area contributed by atoms with E-state index in [1.807, 2.05) is 0 Å². The van der Waals surface area contributed by atoms with E-state index in [9.17, 15) is 10.1 Å². The summed E-state index contributed by atoms with van der Waals surface area (Å²) in [6.07, 6.45) is 1.67. The molecule has 106 valence electrons. The minimum atomic E-state index is -0.423. The Labute approximate surface area is 116 Å². The highest BCUT2D eigenvalue weighted by atomic mass is 16.6. The zero-order valence-corrected chi connectivity index (χ0v) is 11.5. The fourth-order valence-electron chi connectivity index (χ4n) is 1.73. The smallest absolute Gasteiger partial charge is 0.269 e. The number of hydrogen-bond acceptors (Lipinski definition) is 5. The molecule has 0 aliphatic heterocycles. The van der Waals surface area contributed by atoms with Crippen molar-refractivity contribution in [3.8, 4) is 11.4 Å². The largest absolute Gasteiger partial charge is 0.313 e. The molecule has 1 aromatic carbocycles. The van der Waals surface area contributed by atoms with Crippen LogP contribution in [0.25, 0.3) is 11.4 Å². The number of nitrogens with zero attached hydrogens (tertiary/aromatic N) is 4. The van der Waals surface area contributed by atoms with Gasteiger partial charge in [-0.3, -0.25) is 14.8 Å². The number of nitro groups is 1. The lowest BCUT2D eigenvalue weighted by molar-refractivity contribution is -0.384. The average molecular weight is 275 g/mol. The first-order chi connectivity index (χ1) is 9.56. The van der Waals surface area contributed by atoms with Gasteiger partial charge in [-0.05, 0) is 12.1 Å². The van der Waals surface area contributed by atoms with E-state index in [1.54, 1.807) is 23.1 Å². The number of non-ortho nitro benzene ring substituents is 1. The lowest BCUT2D eigenvalue weighted by Gasteiger charge is -2.06. The van der Waals surface area contributed by atoms with E-state index >= 15 is 0 Å². The Hall–Kier alpha value is -2.28. The lowest BCUT2D eigenvalue weighted by Crippen LogP contribution is -2.26. The maximum Gasteiger partial charge on any atom is 0.269 e. The molecule has 7 nitrogen and oxygen atoms in total. The minimum Gasteiger partial charge on any atom is -0.313 e. The summed E-state index contributed by atoms with van der Waals surface area (Å²) in [7, 11) is 0. The molecule has 1 N–H and O–H groups in total. The van der Waals surface area contributed by atoms with Crippen LogP contribution in [0.5, 0.6) is 0 Å². The molecule has 0 fully saturated rings. The predicted molar refractivity (Wildman–Crippen MR) is 75.3 cm³/mol. The Balaban J connectivity index is 2.02. The highest BCUT2D eigenvalue weighted by Crippen LogP contribution is 2.18. The van der Waals surface area contributed by atoms with Crippen molar-refractivity contribution in [3.05, 3.63) is 40.7 Å². The van der Waals surface area contributed by atoms with Gasteiger partial charge in [-0.25, -0.2) is 4.98 Å². The van der Waals surface area contributed by atoms with E-state index in [2.05, 4.69) is 29.2 Å². The molecule has 1 aromatic heterocycles. The van der Waals surface area contributed by atoms with Crippen LogP contribution in [0.2, 0.25) is 0 Å². The summed E-state index contributed by atoms with van der Waals surface area (Å²) in [5.74, 6) is 0.574. The third kappa shape index (κ3) is 3.61. The van der Waals surface area contributed by atoms with Gasteiger partial charge in [0, 0.05) is 30.3 Å². The molecule has 1 heterocycles. The summed E-state index contributed by atoms with van der Waals surface area (Å²) in [5, 5.41) is 18.2. The van der Waals surface area contributed by atoms with Crippen LogP contribution in [0.4, 0.5) is 5.69 Å². The second-order valence-corrected chi connectivity index (χ2v) is 4.74. The van der Waals surface area contributed by atoms with Crippen LogP contribution in [-0.2, 0) is 6.54 Å². The van der Waals surface area contributed by atoms with Gasteiger partial charge in [0.2, 0.25) is 0 Å². The minimum absolute atomic E-state index is 0.0642. The van der Waals surface area contributed by atoms with Crippen LogP contribution < -0.4 is 5.32 Å². The monoisotopic (exact) mass is 275 g/mol. The van der Waals surface area contributed by atoms with Crippen LogP contribution in [0.3, 0.4) is 0 Å². The van der Waals surface area contributed by atoms with Gasteiger partial charge >= 0.3 is 0 Å². The topological polar surface area (TPSA) is 85.9 Å². The zero-order valence-electron chi connectivity index (χ0n) is 11.5. The molecule has 0 radical (unpaired) electrons. The Bertz CT molecular complexity index is 577. The molecule has 0 unspecified atom stereocenters. The Morgan fingerprint density at radius 1 is 1.35 bits per heavy atom. The van der Waals surface area contributed by atoms with Gasteiger partial charge in [-0.1, -0.05) is 13.8 Å². The summed E-state index contributed by atoms with van der Waals surface area (Å²) in [6, 6.07) is 6.66. The van der Waals surface area contributed by atoms with Gasteiger partial charge in [0.05, 0.1) is 11.5 Å². The van der Waals surface area contributed by atoms with Crippen molar-refractivity contribution in [1.82, 2.24) is 20.1 Å². The summed E-state index contributed by atoms with van der Waals surface area (Å²) >= 11 is 0. The zero-order chi connectivity index (χ0) is 14.5. The summed E-state index contributed by atoms with van der Waals surface area (Å²) < 4.78 is 1.76. The number of nitrogens with one attached hydrogen (secondary N) is 1. The van der Waals surface area contributed by atoms with Crippen LogP contribution in [-0.4, -0.2) is 32.3 Å². The number of aromatic nitrogens is 3. The molecule has 0 atom stereocenters. The lowest BCUT2D eigenvalue weighted by atomic mass is 10.2. The molecule has 20 heavy (non-hydrogen) atoms. The molecular formula is C13H17N5O2. The van der Waals surface area contributed by atoms with Crippen LogP contribution >= 0.6 is 0 Å². The van der Waals surface area contributed by atoms with E-state index in [0.717, 1.165) is 18.7 Å². The Morgan fingerprint density at radius 3 is 2.65 bits per heavy atom. The molecule has 2 rings (SSSR count). The molecule has 0 bridgehead atoms. The summed E-state index contributed by atoms with van der Waals surface area (Å²) in [6.45, 7) is 5.73. The number of nitro benzene ring substituents is 1. The first-order valence-corrected chi connectivity index (χ1v) is 6.44. The molecule has 0 saturated heterocycles. The van der Waals surface area contributed by atoms with Crippen LogP contribution in [0.15, 0.2) is 30.6 Å². The molecular weight excluding hydrogens is 258 g/mol. The third-order valence-corrected chi connectivity index (χ3v) is 2.77. The number of hydrogen-bond donors (Lipinski definition) is 1. The maximum atomic E-state index is 10.6. The van der Waals surface area contributed by atoms with Crippen LogP contribution in [0, 0.1) is 10.1 Å². The second-order valence-electron chi connectivity index (χ2n) is 4.74. The number of benzene rings is 1. The van der Waals surface area contributed by atoms with Crippen molar-refractivity contribution in [3.63, 3.8) is 0 Å². The highest BCUT2D eigenvalue weighted by molar-refractivity contribution is 5.56. The fourth-order valence-corrected chi connectivity index (χ4v) is 1.73. The SMILES string of the molecule is CC(C)NCCn1cnc(-c2ccc([N+](=O)[O-])cc2)n1. The average Bonchev–Trinajstić information content (AvgIpc) is 2.87. The Kier molecular flexibility index (Phi) is 4.41. The van der Waals surface area contributed by atoms with E-state index in [-0.39, 0.29) is 5.69 Å². The van der Waals surface area contributed by atoms with Crippen molar-refractivity contribution in [2.45, 2.75) is 26.4 Å². The fraction of sp³-hybridized carbons (Fsp3) is 0.385. The van der Waals surface area contributed by atoms with Gasteiger partial charge in [0.25, 0.3) is 5.69 Å². The summed E-state index contributed by atoms with van der Waals surface area (Å²) in [4.78, 5) is 14.4. The van der Waals surface area contributed by atoms with E-state index in [4.69, 9.17) is 0 Å². The van der Waals surface area contributed by atoms with Crippen LogP contribution in [0.1, 0.15) is 13.8 Å². The molecule has 0 aliphatic carbocycles. The number of rotatable bonds is 6. The van der Waals surface area contributed by atoms with Gasteiger partial charge in [0.1, 0.15) is 6.33 Å². The highest BCUT2D eigenvalue weighted by Gasteiger charge is 2.08. The molecule has 0 amide bonds. The van der Waals surface area contributed by atoms with Crippen molar-refractivity contribution in [1.29, 1.82) is 0 Å². The van der Waals surface area contributed by atoms with E-state index in [0.29, 0.717) is 11.9 Å². The molecule has 7 heteroatoms. The predicted octanol–water partition coefficient (Wildman–Crippen LogP) is 1.85. The standard InChI is InChI=1S/C13H17N5O2/c1-10(2)14-7-8-17-9-15-13(16-17)11-3-5-12(6-4-11)18(19)20/h3-6,9-10,14H,7-8H2,1-2H3. The van der Waals surface area contributed by atoms with E-state index in [1.165, 1.54) is 12.1 Å². The van der Waals surface area contributed by atoms with Gasteiger partial charge in [-0.15, -0.1) is 0 Å². The quantitative estimate of drug-likeness (QED) is 0.642. The van der Waals surface area contributed by atoms with Crippen molar-refractivity contribution >= 4 is 5.69 Å². The van der Waals surface area contributed by atoms with Crippen molar-refractivity contribution < 1.29 is 4.92 Å². The van der Waals surface area contributed by atoms with Gasteiger partial charge in [0.15, 0.2) is 5.82 Å². The first-order valence-electron chi connectivity index (χ1n) is 6.44. The third-order valence-electron chi connectivity index (χ3n) is 2.77.